The molecule has 0 bridgehead atoms. The van der Waals surface area contributed by atoms with Crippen molar-refractivity contribution in [3.8, 4) is 5.75 Å². The molecule has 0 aliphatic heterocycles. The molecule has 0 aromatic heterocycles. The van der Waals surface area contributed by atoms with Gasteiger partial charge in [-0.3, -0.25) is 13.9 Å². The molecule has 0 fully saturated rings. The number of carbonyl (C=O) groups is 2. The molecule has 0 saturated heterocycles. The molecule has 39 heavy (non-hydrogen) atoms. The first-order chi connectivity index (χ1) is 18.5. The standard InChI is InChI=1S/C29H34BrN3O5S/c1-21(2)31-29(35)26(18-22-10-6-5-7-11-22)32(19-23-14-16-24(30)17-15-23)28(34)20-33(39(4,36)37)25-12-8-9-13-27(25)38-3/h5-17,21,26H,18-20H2,1-4H3,(H,31,35)/t26-/m1/s1. The molecule has 3 aromatic carbocycles. The van der Waals surface area contributed by atoms with Gasteiger partial charge in [-0.05, 0) is 49.2 Å². The molecule has 2 amide bonds. The molecule has 10 heteroatoms. The highest BCUT2D eigenvalue weighted by molar-refractivity contribution is 9.10. The maximum absolute atomic E-state index is 14.1. The molecule has 0 saturated carbocycles. The molecule has 0 aliphatic carbocycles. The number of nitrogens with zero attached hydrogens (tertiary/aromatic N) is 2. The van der Waals surface area contributed by atoms with Gasteiger partial charge in [-0.2, -0.15) is 0 Å². The van der Waals surface area contributed by atoms with Crippen molar-refractivity contribution in [1.82, 2.24) is 10.2 Å². The number of carbonyl (C=O) groups excluding carboxylic acids is 2. The van der Waals surface area contributed by atoms with Crippen LogP contribution in [-0.4, -0.2) is 57.1 Å². The Morgan fingerprint density at radius 3 is 2.13 bits per heavy atom. The van der Waals surface area contributed by atoms with E-state index < -0.39 is 28.5 Å². The van der Waals surface area contributed by atoms with Crippen LogP contribution in [0.3, 0.4) is 0 Å². The number of anilines is 1. The number of methoxy groups -OCH3 is 1. The predicted octanol–water partition coefficient (Wildman–Crippen LogP) is 4.39. The Bertz CT molecular complexity index is 1370. The fourth-order valence-electron chi connectivity index (χ4n) is 4.15. The number of nitrogens with one attached hydrogen (secondary N) is 1. The van der Waals surface area contributed by atoms with Gasteiger partial charge >= 0.3 is 0 Å². The third kappa shape index (κ3) is 8.56. The van der Waals surface area contributed by atoms with E-state index in [1.54, 1.807) is 24.3 Å². The molecule has 208 valence electrons. The normalized spacial score (nSPS) is 12.1. The second kappa shape index (κ2) is 13.6. The highest BCUT2D eigenvalue weighted by Gasteiger charge is 2.33. The summed E-state index contributed by atoms with van der Waals surface area (Å²) < 4.78 is 33.1. The summed E-state index contributed by atoms with van der Waals surface area (Å²) in [6, 6.07) is 22.4. The van der Waals surface area contributed by atoms with Crippen LogP contribution in [0.5, 0.6) is 5.75 Å². The Balaban J connectivity index is 2.07. The van der Waals surface area contributed by atoms with E-state index >= 15 is 0 Å². The summed E-state index contributed by atoms with van der Waals surface area (Å²) in [4.78, 5) is 29.1. The maximum Gasteiger partial charge on any atom is 0.244 e. The summed E-state index contributed by atoms with van der Waals surface area (Å²) in [5.74, 6) is -0.523. The van der Waals surface area contributed by atoms with Crippen LogP contribution in [0, 0.1) is 0 Å². The molecule has 0 heterocycles. The van der Waals surface area contributed by atoms with Crippen molar-refractivity contribution in [3.63, 3.8) is 0 Å². The van der Waals surface area contributed by atoms with Gasteiger partial charge in [0.05, 0.1) is 19.1 Å². The van der Waals surface area contributed by atoms with Gasteiger partial charge in [0.15, 0.2) is 0 Å². The van der Waals surface area contributed by atoms with E-state index in [1.807, 2.05) is 68.4 Å². The quantitative estimate of drug-likeness (QED) is 0.326. The van der Waals surface area contributed by atoms with E-state index in [9.17, 15) is 18.0 Å². The van der Waals surface area contributed by atoms with Crippen molar-refractivity contribution in [1.29, 1.82) is 0 Å². The third-order valence-corrected chi connectivity index (χ3v) is 7.66. The largest absolute Gasteiger partial charge is 0.495 e. The van der Waals surface area contributed by atoms with Crippen LogP contribution < -0.4 is 14.4 Å². The zero-order chi connectivity index (χ0) is 28.6. The van der Waals surface area contributed by atoms with Crippen LogP contribution in [-0.2, 0) is 32.6 Å². The zero-order valence-corrected chi connectivity index (χ0v) is 24.9. The highest BCUT2D eigenvalue weighted by Crippen LogP contribution is 2.30. The summed E-state index contributed by atoms with van der Waals surface area (Å²) >= 11 is 3.43. The van der Waals surface area contributed by atoms with Gasteiger partial charge in [0.25, 0.3) is 0 Å². The van der Waals surface area contributed by atoms with E-state index in [0.717, 1.165) is 26.2 Å². The minimum atomic E-state index is -3.88. The molecule has 3 rings (SSSR count). The van der Waals surface area contributed by atoms with Crippen molar-refractivity contribution < 1.29 is 22.7 Å². The van der Waals surface area contributed by atoms with Gasteiger partial charge < -0.3 is 15.0 Å². The lowest BCUT2D eigenvalue weighted by molar-refractivity contribution is -0.140. The third-order valence-electron chi connectivity index (χ3n) is 6.00. The summed E-state index contributed by atoms with van der Waals surface area (Å²) in [5.41, 5.74) is 1.91. The maximum atomic E-state index is 14.1. The smallest absolute Gasteiger partial charge is 0.244 e. The summed E-state index contributed by atoms with van der Waals surface area (Å²) in [7, 11) is -2.44. The van der Waals surface area contributed by atoms with Gasteiger partial charge in [-0.25, -0.2) is 8.42 Å². The van der Waals surface area contributed by atoms with E-state index in [0.29, 0.717) is 5.75 Å². The van der Waals surface area contributed by atoms with Crippen LogP contribution in [0.15, 0.2) is 83.3 Å². The zero-order valence-electron chi connectivity index (χ0n) is 22.5. The van der Waals surface area contributed by atoms with Crippen LogP contribution in [0.25, 0.3) is 0 Å². The number of amides is 2. The SMILES string of the molecule is COc1ccccc1N(CC(=O)N(Cc1ccc(Br)cc1)[C@H](Cc1ccccc1)C(=O)NC(C)C)S(C)(=O)=O. The predicted molar refractivity (Wildman–Crippen MR) is 157 cm³/mol. The average Bonchev–Trinajstić information content (AvgIpc) is 2.89. The lowest BCUT2D eigenvalue weighted by Gasteiger charge is -2.34. The van der Waals surface area contributed by atoms with Gasteiger partial charge in [-0.15, -0.1) is 0 Å². The van der Waals surface area contributed by atoms with Gasteiger partial charge in [0.2, 0.25) is 21.8 Å². The molecule has 3 aromatic rings. The highest BCUT2D eigenvalue weighted by atomic mass is 79.9. The van der Waals surface area contributed by atoms with Crippen molar-refractivity contribution in [3.05, 3.63) is 94.5 Å². The number of halogens is 1. The number of rotatable bonds is 12. The van der Waals surface area contributed by atoms with E-state index in [2.05, 4.69) is 21.2 Å². The first-order valence-electron chi connectivity index (χ1n) is 12.5. The van der Waals surface area contributed by atoms with Crippen LogP contribution in [0.2, 0.25) is 0 Å². The van der Waals surface area contributed by atoms with Crippen molar-refractivity contribution in [2.24, 2.45) is 0 Å². The summed E-state index contributed by atoms with van der Waals surface area (Å²) in [6.45, 7) is 3.31. The van der Waals surface area contributed by atoms with Crippen LogP contribution in [0.1, 0.15) is 25.0 Å². The summed E-state index contributed by atoms with van der Waals surface area (Å²) in [5, 5.41) is 2.93. The molecule has 1 N–H and O–H groups in total. The molecule has 0 spiro atoms. The Hall–Kier alpha value is -3.37. The molecular weight excluding hydrogens is 582 g/mol. The van der Waals surface area contributed by atoms with E-state index in [1.165, 1.54) is 12.0 Å². The molecule has 0 radical (unpaired) electrons. The number of hydrogen-bond acceptors (Lipinski definition) is 5. The number of ether oxygens (including phenoxy) is 1. The minimum Gasteiger partial charge on any atom is -0.495 e. The Kier molecular flexibility index (Phi) is 10.5. The number of benzene rings is 3. The van der Waals surface area contributed by atoms with Gasteiger partial charge in [-0.1, -0.05) is 70.5 Å². The minimum absolute atomic E-state index is 0.110. The molecule has 8 nitrogen and oxygen atoms in total. The molecule has 0 unspecified atom stereocenters. The Morgan fingerprint density at radius 2 is 1.54 bits per heavy atom. The van der Waals surface area contributed by atoms with Crippen molar-refractivity contribution in [2.45, 2.75) is 38.9 Å². The number of sulfonamides is 1. The number of hydrogen-bond donors (Lipinski definition) is 1. The molecular formula is C29H34BrN3O5S. The first-order valence-corrected chi connectivity index (χ1v) is 15.1. The fraction of sp³-hybridized carbons (Fsp3) is 0.310. The second-order valence-electron chi connectivity index (χ2n) is 9.46. The van der Waals surface area contributed by atoms with E-state index in [-0.39, 0.29) is 30.6 Å². The van der Waals surface area contributed by atoms with Crippen LogP contribution in [0.4, 0.5) is 5.69 Å². The lowest BCUT2D eigenvalue weighted by atomic mass is 10.0. The summed E-state index contributed by atoms with van der Waals surface area (Å²) in [6.07, 6.45) is 1.30. The first kappa shape index (κ1) is 30.2. The lowest BCUT2D eigenvalue weighted by Crippen LogP contribution is -2.54. The van der Waals surface area contributed by atoms with Gasteiger partial charge in [0, 0.05) is 23.5 Å². The monoisotopic (exact) mass is 615 g/mol. The van der Waals surface area contributed by atoms with Crippen molar-refractivity contribution in [2.75, 3.05) is 24.2 Å². The van der Waals surface area contributed by atoms with Crippen LogP contribution >= 0.6 is 15.9 Å². The van der Waals surface area contributed by atoms with Gasteiger partial charge in [0.1, 0.15) is 18.3 Å². The molecule has 1 atom stereocenters. The molecule has 0 aliphatic rings. The Labute approximate surface area is 239 Å². The second-order valence-corrected chi connectivity index (χ2v) is 12.3. The fourth-order valence-corrected chi connectivity index (χ4v) is 5.27. The van der Waals surface area contributed by atoms with Crippen molar-refractivity contribution >= 4 is 43.5 Å². The number of para-hydroxylation sites is 2. The van der Waals surface area contributed by atoms with E-state index in [4.69, 9.17) is 4.74 Å². The average molecular weight is 617 g/mol. The Morgan fingerprint density at radius 1 is 0.923 bits per heavy atom. The topological polar surface area (TPSA) is 96.0 Å².